The van der Waals surface area contributed by atoms with Gasteiger partial charge in [0.1, 0.15) is 19.8 Å². The number of ether oxygens (including phenoxy) is 2. The summed E-state index contributed by atoms with van der Waals surface area (Å²) < 4.78 is 24.2. The minimum atomic E-state index is -1.93. The van der Waals surface area contributed by atoms with Crippen LogP contribution < -0.4 is 0 Å². The quantitative estimate of drug-likeness (QED) is 0.428. The van der Waals surface area contributed by atoms with Crippen molar-refractivity contribution >= 4 is 18.2 Å². The molecule has 0 saturated heterocycles. The third-order valence-corrected chi connectivity index (χ3v) is 2.85. The highest BCUT2D eigenvalue weighted by Gasteiger charge is 2.36. The Kier molecular flexibility index (Phi) is 8.32. The normalized spacial score (nSPS) is 16.4. The molecular weight excluding hydrogens is 321 g/mol. The van der Waals surface area contributed by atoms with Crippen LogP contribution in [0.1, 0.15) is 41.5 Å². The van der Waals surface area contributed by atoms with Gasteiger partial charge in [0, 0.05) is 0 Å². The molecule has 0 unspecified atom stereocenters. The molecule has 0 amide bonds. The number of aliphatic hydroxyl groups excluding tert-OH is 1. The van der Waals surface area contributed by atoms with E-state index in [1.54, 1.807) is 41.5 Å². The van der Waals surface area contributed by atoms with Crippen LogP contribution in [0.2, 0.25) is 0 Å². The van der Waals surface area contributed by atoms with Gasteiger partial charge >= 0.3 is 11.9 Å². The standard InChI is InChI=1S/C16H28FNO6/c1-15(2,3)13(20)23-9-11(19)12(10(17)8-18-22-7)24-14(21)16(4,5)6/h8,10-12,19H,9H2,1-7H3/t10-,11-,12+/m1/s1. The maximum absolute atomic E-state index is 14.2. The predicted molar refractivity (Wildman–Crippen MR) is 86.2 cm³/mol. The van der Waals surface area contributed by atoms with Gasteiger partial charge in [0.15, 0.2) is 12.3 Å². The maximum Gasteiger partial charge on any atom is 0.311 e. The Hall–Kier alpha value is -1.70. The van der Waals surface area contributed by atoms with Gasteiger partial charge in [-0.2, -0.15) is 0 Å². The molecule has 0 heterocycles. The summed E-state index contributed by atoms with van der Waals surface area (Å²) in [5, 5.41) is 13.4. The zero-order chi connectivity index (χ0) is 19.1. The molecule has 0 spiro atoms. The molecule has 140 valence electrons. The summed E-state index contributed by atoms with van der Waals surface area (Å²) in [6.45, 7) is 9.18. The molecule has 3 atom stereocenters. The van der Waals surface area contributed by atoms with Gasteiger partial charge in [0.2, 0.25) is 0 Å². The number of halogens is 1. The Bertz CT molecular complexity index is 452. The van der Waals surface area contributed by atoms with E-state index in [-0.39, 0.29) is 0 Å². The van der Waals surface area contributed by atoms with Crippen LogP contribution in [0.4, 0.5) is 4.39 Å². The van der Waals surface area contributed by atoms with Crippen molar-refractivity contribution in [2.24, 2.45) is 16.0 Å². The number of nitrogens with zero attached hydrogens (tertiary/aromatic N) is 1. The Morgan fingerprint density at radius 1 is 1.12 bits per heavy atom. The van der Waals surface area contributed by atoms with Gasteiger partial charge in [-0.15, -0.1) is 0 Å². The van der Waals surface area contributed by atoms with Crippen LogP contribution in [0.3, 0.4) is 0 Å². The SMILES string of the molecule is CON=C[C@@H](F)[C@H](OC(=O)C(C)(C)C)[C@H](O)COC(=O)C(C)(C)C. The second kappa shape index (κ2) is 8.96. The first kappa shape index (κ1) is 22.3. The fraction of sp³-hybridized carbons (Fsp3) is 0.812. The van der Waals surface area contributed by atoms with E-state index in [1.807, 2.05) is 0 Å². The fourth-order valence-electron chi connectivity index (χ4n) is 1.33. The first-order valence-corrected chi connectivity index (χ1v) is 7.57. The Labute approximate surface area is 142 Å². The van der Waals surface area contributed by atoms with Crippen LogP contribution in [-0.4, -0.2) is 55.4 Å². The molecule has 0 fully saturated rings. The molecule has 8 heteroatoms. The number of alkyl halides is 1. The summed E-state index contributed by atoms with van der Waals surface area (Å²) in [6, 6.07) is 0. The Morgan fingerprint density at radius 3 is 2.04 bits per heavy atom. The number of oxime groups is 1. The molecule has 0 aliphatic carbocycles. The molecular formula is C16H28FNO6. The van der Waals surface area contributed by atoms with Crippen molar-refractivity contribution in [3.63, 3.8) is 0 Å². The number of carbonyl (C=O) groups is 2. The zero-order valence-corrected chi connectivity index (χ0v) is 15.3. The highest BCUT2D eigenvalue weighted by atomic mass is 19.1. The minimum absolute atomic E-state index is 0.514. The first-order valence-electron chi connectivity index (χ1n) is 7.57. The van der Waals surface area contributed by atoms with Crippen LogP contribution >= 0.6 is 0 Å². The van der Waals surface area contributed by atoms with E-state index in [0.717, 1.165) is 6.21 Å². The summed E-state index contributed by atoms with van der Waals surface area (Å²) in [6.07, 6.45) is -4.31. The first-order chi connectivity index (χ1) is 10.8. The minimum Gasteiger partial charge on any atom is -0.462 e. The topological polar surface area (TPSA) is 94.4 Å². The molecule has 0 saturated carbocycles. The molecule has 0 aliphatic heterocycles. The lowest BCUT2D eigenvalue weighted by Crippen LogP contribution is -2.45. The second-order valence-corrected chi connectivity index (χ2v) is 7.42. The van der Waals surface area contributed by atoms with Crippen molar-refractivity contribution in [3.05, 3.63) is 0 Å². The van der Waals surface area contributed by atoms with Gasteiger partial charge < -0.3 is 19.4 Å². The largest absolute Gasteiger partial charge is 0.462 e. The third kappa shape index (κ3) is 7.72. The van der Waals surface area contributed by atoms with Crippen molar-refractivity contribution in [2.75, 3.05) is 13.7 Å². The number of hydrogen-bond donors (Lipinski definition) is 1. The third-order valence-electron chi connectivity index (χ3n) is 2.85. The number of aliphatic hydroxyl groups is 1. The maximum atomic E-state index is 14.2. The summed E-state index contributed by atoms with van der Waals surface area (Å²) in [5.41, 5.74) is -1.66. The fourth-order valence-corrected chi connectivity index (χ4v) is 1.33. The zero-order valence-electron chi connectivity index (χ0n) is 15.3. The van der Waals surface area contributed by atoms with Gasteiger partial charge in [-0.05, 0) is 41.5 Å². The molecule has 0 aromatic rings. The summed E-state index contributed by atoms with van der Waals surface area (Å²) in [4.78, 5) is 28.1. The van der Waals surface area contributed by atoms with Crippen molar-refractivity contribution in [1.29, 1.82) is 0 Å². The molecule has 7 nitrogen and oxygen atoms in total. The average molecular weight is 349 g/mol. The van der Waals surface area contributed by atoms with Crippen molar-refractivity contribution in [2.45, 2.75) is 59.9 Å². The average Bonchev–Trinajstić information content (AvgIpc) is 2.44. The highest BCUT2D eigenvalue weighted by molar-refractivity contribution is 5.76. The molecule has 0 aromatic carbocycles. The summed E-state index contributed by atoms with van der Waals surface area (Å²) in [7, 11) is 1.22. The van der Waals surface area contributed by atoms with Crippen molar-refractivity contribution < 1.29 is 33.4 Å². The van der Waals surface area contributed by atoms with Crippen molar-refractivity contribution in [1.82, 2.24) is 0 Å². The lowest BCUT2D eigenvalue weighted by Gasteiger charge is -2.28. The lowest BCUT2D eigenvalue weighted by molar-refractivity contribution is -0.173. The second-order valence-electron chi connectivity index (χ2n) is 7.42. The smallest absolute Gasteiger partial charge is 0.311 e. The van der Waals surface area contributed by atoms with Crippen LogP contribution in [-0.2, 0) is 23.9 Å². The van der Waals surface area contributed by atoms with Crippen LogP contribution in [0.15, 0.2) is 5.16 Å². The molecule has 0 aromatic heterocycles. The molecule has 24 heavy (non-hydrogen) atoms. The van der Waals surface area contributed by atoms with Crippen molar-refractivity contribution in [3.8, 4) is 0 Å². The van der Waals surface area contributed by atoms with E-state index < -0.39 is 47.8 Å². The van der Waals surface area contributed by atoms with E-state index in [2.05, 4.69) is 9.99 Å². The Morgan fingerprint density at radius 2 is 1.62 bits per heavy atom. The van der Waals surface area contributed by atoms with E-state index in [9.17, 15) is 19.1 Å². The molecule has 0 aliphatic rings. The van der Waals surface area contributed by atoms with Gasteiger partial charge in [-0.1, -0.05) is 5.16 Å². The number of carbonyl (C=O) groups excluding carboxylic acids is 2. The van der Waals surface area contributed by atoms with E-state index in [1.165, 1.54) is 7.11 Å². The van der Waals surface area contributed by atoms with Gasteiger partial charge in [0.25, 0.3) is 0 Å². The van der Waals surface area contributed by atoms with Crippen LogP contribution in [0, 0.1) is 10.8 Å². The molecule has 0 bridgehead atoms. The molecule has 1 N–H and O–H groups in total. The Balaban J connectivity index is 5.06. The number of rotatable bonds is 7. The predicted octanol–water partition coefficient (Wildman–Crippen LogP) is 1.86. The van der Waals surface area contributed by atoms with E-state index >= 15 is 0 Å². The summed E-state index contributed by atoms with van der Waals surface area (Å²) in [5.74, 6) is -1.27. The van der Waals surface area contributed by atoms with E-state index in [0.29, 0.717) is 0 Å². The summed E-state index contributed by atoms with van der Waals surface area (Å²) >= 11 is 0. The van der Waals surface area contributed by atoms with Gasteiger partial charge in [-0.3, -0.25) is 9.59 Å². The van der Waals surface area contributed by atoms with Gasteiger partial charge in [0.05, 0.1) is 17.0 Å². The van der Waals surface area contributed by atoms with Crippen LogP contribution in [0.5, 0.6) is 0 Å². The lowest BCUT2D eigenvalue weighted by atomic mass is 9.97. The van der Waals surface area contributed by atoms with Gasteiger partial charge in [-0.25, -0.2) is 4.39 Å². The number of hydrogen-bond acceptors (Lipinski definition) is 7. The monoisotopic (exact) mass is 349 g/mol. The molecule has 0 radical (unpaired) electrons. The molecule has 0 rings (SSSR count). The van der Waals surface area contributed by atoms with Crippen LogP contribution in [0.25, 0.3) is 0 Å². The number of esters is 2. The van der Waals surface area contributed by atoms with E-state index in [4.69, 9.17) is 9.47 Å². The highest BCUT2D eigenvalue weighted by Crippen LogP contribution is 2.20.